The van der Waals surface area contributed by atoms with Crippen molar-refractivity contribution < 1.29 is 24.3 Å². The molecule has 4 amide bonds. The average Bonchev–Trinajstić information content (AvgIpc) is 3.47. The number of urea groups is 1. The Kier molecular flexibility index (Phi) is 9.82. The number of aromatic hydroxyl groups is 1. The van der Waals surface area contributed by atoms with Gasteiger partial charge in [0.05, 0.1) is 18.6 Å². The first kappa shape index (κ1) is 33.5. The van der Waals surface area contributed by atoms with Gasteiger partial charge in [-0.05, 0) is 42.2 Å². The Hall–Kier alpha value is -5.42. The normalized spacial score (nSPS) is 18.1. The van der Waals surface area contributed by atoms with Crippen molar-refractivity contribution in [1.82, 2.24) is 29.7 Å². The molecule has 0 spiro atoms. The molecule has 6 rings (SSSR count). The molecule has 11 heteroatoms. The number of para-hydroxylation sites is 1. The van der Waals surface area contributed by atoms with Crippen LogP contribution in [-0.2, 0) is 35.6 Å². The number of hydrogen-bond donors (Lipinski definition) is 2. The topological polar surface area (TPSA) is 118 Å². The van der Waals surface area contributed by atoms with Gasteiger partial charge in [0.25, 0.3) is 0 Å². The summed E-state index contributed by atoms with van der Waals surface area (Å²) < 4.78 is 2.08. The van der Waals surface area contributed by atoms with Crippen LogP contribution in [0.2, 0.25) is 0 Å². The number of ketones is 1. The molecule has 11 nitrogen and oxygen atoms in total. The summed E-state index contributed by atoms with van der Waals surface area (Å²) in [5, 5.41) is 17.0. The van der Waals surface area contributed by atoms with E-state index in [1.165, 1.54) is 0 Å². The summed E-state index contributed by atoms with van der Waals surface area (Å²) in [5.41, 5.74) is 4.09. The molecular formula is C38H42N6O5. The molecule has 0 radical (unpaired) electrons. The monoisotopic (exact) mass is 662 g/mol. The molecule has 2 N–H and O–H groups in total. The van der Waals surface area contributed by atoms with Gasteiger partial charge in [0, 0.05) is 49.7 Å². The number of phenols is 1. The molecule has 3 heterocycles. The van der Waals surface area contributed by atoms with Crippen LogP contribution in [0.1, 0.15) is 47.3 Å². The van der Waals surface area contributed by atoms with E-state index in [0.717, 1.165) is 34.0 Å². The summed E-state index contributed by atoms with van der Waals surface area (Å²) in [5.74, 6) is -0.435. The number of rotatable bonds is 11. The van der Waals surface area contributed by atoms with Gasteiger partial charge in [0.15, 0.2) is 5.78 Å². The summed E-state index contributed by atoms with van der Waals surface area (Å²) in [6, 6.07) is 20.7. The lowest BCUT2D eigenvalue weighted by atomic mass is 9.98. The van der Waals surface area contributed by atoms with Crippen LogP contribution in [-0.4, -0.2) is 85.0 Å². The first-order valence-corrected chi connectivity index (χ1v) is 16.7. The van der Waals surface area contributed by atoms with Gasteiger partial charge in [-0.15, -0.1) is 6.58 Å². The molecule has 2 saturated heterocycles. The zero-order chi connectivity index (χ0) is 34.7. The molecule has 3 aromatic carbocycles. The van der Waals surface area contributed by atoms with E-state index >= 15 is 0 Å². The highest BCUT2D eigenvalue weighted by atomic mass is 16.3. The molecule has 4 aromatic rings. The van der Waals surface area contributed by atoms with Gasteiger partial charge >= 0.3 is 6.03 Å². The summed E-state index contributed by atoms with van der Waals surface area (Å²) in [6.07, 6.45) is 3.79. The third-order valence-electron chi connectivity index (χ3n) is 9.22. The lowest BCUT2D eigenvalue weighted by molar-refractivity contribution is -0.189. The average molecular weight is 663 g/mol. The smallest absolute Gasteiger partial charge is 0.334 e. The second-order valence-electron chi connectivity index (χ2n) is 12.6. The number of aromatic nitrogens is 1. The van der Waals surface area contributed by atoms with Crippen LogP contribution in [0.25, 0.3) is 10.9 Å². The zero-order valence-corrected chi connectivity index (χ0v) is 27.9. The van der Waals surface area contributed by atoms with Gasteiger partial charge in [-0.1, -0.05) is 73.7 Å². The third-order valence-corrected chi connectivity index (χ3v) is 9.22. The maximum atomic E-state index is 14.5. The minimum Gasteiger partial charge on any atom is -0.508 e. The second-order valence-corrected chi connectivity index (χ2v) is 12.6. The fourth-order valence-corrected chi connectivity index (χ4v) is 7.02. The number of nitrogens with zero attached hydrogens (tertiary/aromatic N) is 5. The summed E-state index contributed by atoms with van der Waals surface area (Å²) in [6.45, 7) is 8.93. The Bertz CT molecular complexity index is 1870. The van der Waals surface area contributed by atoms with Crippen LogP contribution in [0.5, 0.6) is 5.75 Å². The Labute approximate surface area is 286 Å². The van der Waals surface area contributed by atoms with Gasteiger partial charge in [-0.2, -0.15) is 0 Å². The van der Waals surface area contributed by atoms with Crippen molar-refractivity contribution in [2.45, 2.75) is 58.5 Å². The molecule has 2 aliphatic heterocycles. The van der Waals surface area contributed by atoms with Crippen LogP contribution in [0.4, 0.5) is 4.79 Å². The van der Waals surface area contributed by atoms with E-state index in [0.29, 0.717) is 12.1 Å². The van der Waals surface area contributed by atoms with Crippen molar-refractivity contribution >= 4 is 34.5 Å². The fraction of sp³-hybridized carbons (Fsp3) is 0.316. The van der Waals surface area contributed by atoms with Crippen molar-refractivity contribution in [3.63, 3.8) is 0 Å². The number of carbonyl (C=O) groups is 4. The standard InChI is InChI=1S/C38H42N6O5/c1-4-18-40-23-32(26(3)45)31-13-9-12-29(36(31)40)22-41-24-34-43(33(37(41)48)20-27-14-16-30(46)17-15-27)35(47)25-42(19-5-2)44(34)38(49)39-21-28-10-7-6-8-11-28/h5-17,23,33-34,46H,2,4,18-22,24-25H2,1,3H3,(H,39,49)/t33-,34-/m0/s1. The Balaban J connectivity index is 1.40. The predicted molar refractivity (Wildman–Crippen MR) is 186 cm³/mol. The van der Waals surface area contributed by atoms with E-state index in [4.69, 9.17) is 0 Å². The highest BCUT2D eigenvalue weighted by Crippen LogP contribution is 2.32. The molecule has 0 unspecified atom stereocenters. The number of phenolic OH excluding ortho intramolecular Hbond substituents is 1. The fourth-order valence-electron chi connectivity index (χ4n) is 7.02. The molecule has 1 aromatic heterocycles. The number of aryl methyl sites for hydroxylation is 1. The van der Waals surface area contributed by atoms with Crippen molar-refractivity contribution in [3.05, 3.63) is 114 Å². The molecule has 0 bridgehead atoms. The molecular weight excluding hydrogens is 620 g/mol. The Morgan fingerprint density at radius 2 is 1.76 bits per heavy atom. The van der Waals surface area contributed by atoms with E-state index in [1.807, 2.05) is 54.7 Å². The maximum Gasteiger partial charge on any atom is 0.334 e. The number of fused-ring (bicyclic) bond motifs is 2. The molecule has 254 valence electrons. The van der Waals surface area contributed by atoms with E-state index in [1.54, 1.807) is 57.1 Å². The predicted octanol–water partition coefficient (Wildman–Crippen LogP) is 4.70. The number of hydrogen-bond acceptors (Lipinski definition) is 6. The van der Waals surface area contributed by atoms with E-state index in [9.17, 15) is 24.3 Å². The molecule has 49 heavy (non-hydrogen) atoms. The highest BCUT2D eigenvalue weighted by molar-refractivity contribution is 6.07. The number of amides is 4. The molecule has 2 aliphatic rings. The summed E-state index contributed by atoms with van der Waals surface area (Å²) in [4.78, 5) is 58.4. The summed E-state index contributed by atoms with van der Waals surface area (Å²) in [7, 11) is 0. The van der Waals surface area contributed by atoms with E-state index < -0.39 is 18.2 Å². The summed E-state index contributed by atoms with van der Waals surface area (Å²) >= 11 is 0. The van der Waals surface area contributed by atoms with Crippen molar-refractivity contribution in [1.29, 1.82) is 0 Å². The minimum absolute atomic E-state index is 0.0316. The van der Waals surface area contributed by atoms with E-state index in [2.05, 4.69) is 23.4 Å². The number of nitrogens with one attached hydrogen (secondary N) is 1. The van der Waals surface area contributed by atoms with Crippen molar-refractivity contribution in [3.8, 4) is 5.75 Å². The Morgan fingerprint density at radius 3 is 2.45 bits per heavy atom. The quantitative estimate of drug-likeness (QED) is 0.178. The Morgan fingerprint density at radius 1 is 1.00 bits per heavy atom. The van der Waals surface area contributed by atoms with Gasteiger partial charge in [-0.3, -0.25) is 14.4 Å². The largest absolute Gasteiger partial charge is 0.508 e. The zero-order valence-electron chi connectivity index (χ0n) is 27.9. The number of Topliss-reactive ketones (excluding diaryl/α,β-unsaturated/α-hetero) is 1. The second kappa shape index (κ2) is 14.4. The van der Waals surface area contributed by atoms with Crippen LogP contribution in [0.15, 0.2) is 91.6 Å². The maximum absolute atomic E-state index is 14.5. The molecule has 2 atom stereocenters. The molecule has 0 aliphatic carbocycles. The van der Waals surface area contributed by atoms with Crippen LogP contribution < -0.4 is 5.32 Å². The van der Waals surface area contributed by atoms with Crippen LogP contribution in [0.3, 0.4) is 0 Å². The van der Waals surface area contributed by atoms with Crippen molar-refractivity contribution in [2.24, 2.45) is 0 Å². The number of hydrazine groups is 1. The minimum atomic E-state index is -0.902. The van der Waals surface area contributed by atoms with Gasteiger partial charge in [0.1, 0.15) is 18.0 Å². The van der Waals surface area contributed by atoms with Gasteiger partial charge in [-0.25, -0.2) is 14.8 Å². The SMILES string of the molecule is C=CCN1CC(=O)N2[C@@H](Cc3ccc(O)cc3)C(=O)N(Cc3cccc4c(C(C)=O)cn(CCC)c34)C[C@@H]2N1C(=O)NCc1ccccc1. The molecule has 0 saturated carbocycles. The first-order valence-electron chi connectivity index (χ1n) is 16.7. The van der Waals surface area contributed by atoms with Crippen LogP contribution in [0, 0.1) is 0 Å². The van der Waals surface area contributed by atoms with Gasteiger partial charge in [0.2, 0.25) is 11.8 Å². The van der Waals surface area contributed by atoms with Crippen LogP contribution >= 0.6 is 0 Å². The number of benzene rings is 3. The van der Waals surface area contributed by atoms with Crippen molar-refractivity contribution in [2.75, 3.05) is 19.6 Å². The lowest BCUT2D eigenvalue weighted by Crippen LogP contribution is -2.76. The van der Waals surface area contributed by atoms with Gasteiger partial charge < -0.3 is 24.8 Å². The lowest BCUT2D eigenvalue weighted by Gasteiger charge is -2.55. The highest BCUT2D eigenvalue weighted by Gasteiger charge is 2.51. The number of piperazine rings is 1. The number of carbonyl (C=O) groups excluding carboxylic acids is 4. The molecule has 2 fully saturated rings. The third kappa shape index (κ3) is 6.80. The van der Waals surface area contributed by atoms with E-state index in [-0.39, 0.29) is 62.5 Å². The first-order chi connectivity index (χ1) is 23.7.